The van der Waals surface area contributed by atoms with E-state index in [9.17, 15) is 4.79 Å². The zero-order chi connectivity index (χ0) is 8.43. The van der Waals surface area contributed by atoms with Crippen molar-refractivity contribution in [3.63, 3.8) is 0 Å². The van der Waals surface area contributed by atoms with Crippen LogP contribution in [0.25, 0.3) is 0 Å². The summed E-state index contributed by atoms with van der Waals surface area (Å²) in [6.07, 6.45) is 0. The van der Waals surface area contributed by atoms with Gasteiger partial charge in [-0.2, -0.15) is 0 Å². The van der Waals surface area contributed by atoms with E-state index in [1.807, 2.05) is 0 Å². The molecule has 1 amide bonds. The molecule has 0 aromatic rings. The Bertz CT molecular complexity index is 158. The molecule has 0 aromatic heterocycles. The molecule has 1 atom stereocenters. The fraction of sp³-hybridized carbons (Fsp3) is 0.833. The molecule has 1 saturated heterocycles. The van der Waals surface area contributed by atoms with Crippen LogP contribution >= 0.6 is 0 Å². The normalized spacial score (nSPS) is 24.2. The quantitative estimate of drug-likeness (QED) is 0.399. The number of carbonyl (C=O) groups is 1. The van der Waals surface area contributed by atoms with Crippen LogP contribution in [0, 0.1) is 0 Å². The van der Waals surface area contributed by atoms with E-state index in [2.05, 4.69) is 0 Å². The lowest BCUT2D eigenvalue weighted by Gasteiger charge is -2.40. The highest BCUT2D eigenvalue weighted by Gasteiger charge is 2.37. The van der Waals surface area contributed by atoms with Gasteiger partial charge in [0.05, 0.1) is 19.3 Å². The minimum atomic E-state index is -0.470. The molecule has 0 radical (unpaired) electrons. The molecule has 64 valence electrons. The van der Waals surface area contributed by atoms with Gasteiger partial charge in [-0.15, -0.1) is 0 Å². The molecule has 1 unspecified atom stereocenters. The molecular formula is C6H12N2O3. The van der Waals surface area contributed by atoms with Gasteiger partial charge in [-0.25, -0.2) is 0 Å². The molecule has 0 saturated carbocycles. The smallest absolute Gasteiger partial charge is 0.241 e. The van der Waals surface area contributed by atoms with E-state index < -0.39 is 12.1 Å². The van der Waals surface area contributed by atoms with Crippen LogP contribution in [0.1, 0.15) is 0 Å². The average molecular weight is 160 g/mol. The molecule has 1 rings (SSSR count). The van der Waals surface area contributed by atoms with E-state index in [-0.39, 0.29) is 19.1 Å². The second kappa shape index (κ2) is 3.17. The molecule has 5 heteroatoms. The van der Waals surface area contributed by atoms with Crippen LogP contribution in [0.4, 0.5) is 0 Å². The molecule has 1 heterocycles. The first-order valence-corrected chi connectivity index (χ1v) is 3.48. The number of aliphatic hydroxyl groups is 2. The van der Waals surface area contributed by atoms with Crippen LogP contribution in [0.2, 0.25) is 0 Å². The Morgan fingerprint density at radius 1 is 1.64 bits per heavy atom. The fourth-order valence-corrected chi connectivity index (χ4v) is 1.06. The Labute approximate surface area is 64.4 Å². The maximum absolute atomic E-state index is 10.9. The Kier molecular flexibility index (Phi) is 2.43. The molecule has 1 aliphatic heterocycles. The highest BCUT2D eigenvalue weighted by Crippen LogP contribution is 2.11. The van der Waals surface area contributed by atoms with Crippen molar-refractivity contribution in [2.75, 3.05) is 19.8 Å². The maximum atomic E-state index is 10.9. The minimum Gasteiger partial charge on any atom is -0.394 e. The van der Waals surface area contributed by atoms with Crippen molar-refractivity contribution < 1.29 is 15.0 Å². The van der Waals surface area contributed by atoms with Gasteiger partial charge in [0.15, 0.2) is 0 Å². The number of nitrogens with zero attached hydrogens (tertiary/aromatic N) is 1. The van der Waals surface area contributed by atoms with Crippen molar-refractivity contribution in [1.29, 1.82) is 0 Å². The Morgan fingerprint density at radius 3 is 2.45 bits per heavy atom. The lowest BCUT2D eigenvalue weighted by atomic mass is 10.1. The zero-order valence-electron chi connectivity index (χ0n) is 6.10. The van der Waals surface area contributed by atoms with Gasteiger partial charge in [-0.1, -0.05) is 0 Å². The van der Waals surface area contributed by atoms with E-state index in [1.165, 1.54) is 4.90 Å². The van der Waals surface area contributed by atoms with Crippen molar-refractivity contribution >= 4 is 5.91 Å². The van der Waals surface area contributed by atoms with Crippen molar-refractivity contribution in [3.8, 4) is 0 Å². The summed E-state index contributed by atoms with van der Waals surface area (Å²) in [6, 6.07) is -0.905. The SMILES string of the molecule is NC1CN(C(CO)CO)C1=O. The standard InChI is InChI=1S/C6H12N2O3/c7-5-1-8(6(5)11)4(2-9)3-10/h4-5,9-10H,1-3,7H2. The molecule has 0 aromatic carbocycles. The number of rotatable bonds is 3. The van der Waals surface area contributed by atoms with Crippen molar-refractivity contribution in [3.05, 3.63) is 0 Å². The molecule has 1 aliphatic rings. The summed E-state index contributed by atoms with van der Waals surface area (Å²) in [5, 5.41) is 17.3. The van der Waals surface area contributed by atoms with Crippen molar-refractivity contribution in [2.45, 2.75) is 12.1 Å². The molecule has 1 fully saturated rings. The summed E-state index contributed by atoms with van der Waals surface area (Å²) in [7, 11) is 0. The lowest BCUT2D eigenvalue weighted by Crippen LogP contribution is -2.65. The largest absolute Gasteiger partial charge is 0.394 e. The topological polar surface area (TPSA) is 86.8 Å². The van der Waals surface area contributed by atoms with Crippen LogP contribution in [0.3, 0.4) is 0 Å². The summed E-state index contributed by atoms with van der Waals surface area (Å²) < 4.78 is 0. The monoisotopic (exact) mass is 160 g/mol. The van der Waals surface area contributed by atoms with Crippen LogP contribution in [-0.2, 0) is 4.79 Å². The summed E-state index contributed by atoms with van der Waals surface area (Å²) in [5.74, 6) is -0.196. The molecule has 5 nitrogen and oxygen atoms in total. The van der Waals surface area contributed by atoms with Crippen molar-refractivity contribution in [1.82, 2.24) is 4.90 Å². The molecule has 0 spiro atoms. The van der Waals surface area contributed by atoms with Gasteiger partial charge in [-0.3, -0.25) is 4.79 Å². The maximum Gasteiger partial charge on any atom is 0.241 e. The number of nitrogens with two attached hydrogens (primary N) is 1. The summed E-state index contributed by atoms with van der Waals surface area (Å²) in [5.41, 5.74) is 5.31. The van der Waals surface area contributed by atoms with Gasteiger partial charge in [0.25, 0.3) is 0 Å². The zero-order valence-corrected chi connectivity index (χ0v) is 6.10. The first kappa shape index (κ1) is 8.45. The molecule has 0 bridgehead atoms. The van der Waals surface area contributed by atoms with E-state index in [4.69, 9.17) is 15.9 Å². The predicted molar refractivity (Wildman–Crippen MR) is 37.6 cm³/mol. The Balaban J connectivity index is 2.43. The Hall–Kier alpha value is -0.650. The van der Waals surface area contributed by atoms with Crippen LogP contribution in [-0.4, -0.2) is 52.9 Å². The van der Waals surface area contributed by atoms with Crippen molar-refractivity contribution in [2.24, 2.45) is 5.73 Å². The van der Waals surface area contributed by atoms with E-state index in [0.717, 1.165) is 0 Å². The number of hydrogen-bond acceptors (Lipinski definition) is 4. The van der Waals surface area contributed by atoms with Gasteiger partial charge < -0.3 is 20.8 Å². The molecular weight excluding hydrogens is 148 g/mol. The minimum absolute atomic E-state index is 0.196. The summed E-state index contributed by atoms with van der Waals surface area (Å²) in [6.45, 7) is 0.00847. The third kappa shape index (κ3) is 1.35. The number of aliphatic hydroxyl groups excluding tert-OH is 2. The number of amides is 1. The second-order valence-electron chi connectivity index (χ2n) is 2.62. The Morgan fingerprint density at radius 2 is 2.18 bits per heavy atom. The van der Waals surface area contributed by atoms with Gasteiger partial charge >= 0.3 is 0 Å². The number of hydrogen-bond donors (Lipinski definition) is 3. The molecule has 11 heavy (non-hydrogen) atoms. The fourth-order valence-electron chi connectivity index (χ4n) is 1.06. The predicted octanol–water partition coefficient (Wildman–Crippen LogP) is -2.49. The number of carbonyl (C=O) groups excluding carboxylic acids is 1. The average Bonchev–Trinajstić information content (AvgIpc) is 2.05. The van der Waals surface area contributed by atoms with E-state index >= 15 is 0 Å². The first-order valence-electron chi connectivity index (χ1n) is 3.48. The second-order valence-corrected chi connectivity index (χ2v) is 2.62. The van der Waals surface area contributed by atoms with Crippen LogP contribution < -0.4 is 5.73 Å². The molecule has 0 aliphatic carbocycles. The van der Waals surface area contributed by atoms with Gasteiger partial charge in [0, 0.05) is 6.54 Å². The number of likely N-dealkylation sites (tertiary alicyclic amines) is 1. The molecule has 4 N–H and O–H groups in total. The van der Waals surface area contributed by atoms with Crippen LogP contribution in [0.5, 0.6) is 0 Å². The van der Waals surface area contributed by atoms with Gasteiger partial charge in [-0.05, 0) is 0 Å². The third-order valence-electron chi connectivity index (χ3n) is 1.86. The summed E-state index contributed by atoms with van der Waals surface area (Å²) >= 11 is 0. The van der Waals surface area contributed by atoms with Crippen LogP contribution in [0.15, 0.2) is 0 Å². The first-order chi connectivity index (χ1) is 5.20. The lowest BCUT2D eigenvalue weighted by molar-refractivity contribution is -0.148. The highest BCUT2D eigenvalue weighted by atomic mass is 16.3. The van der Waals surface area contributed by atoms with E-state index in [1.54, 1.807) is 0 Å². The summed E-state index contributed by atoms with van der Waals surface area (Å²) in [4.78, 5) is 12.3. The van der Waals surface area contributed by atoms with E-state index in [0.29, 0.717) is 6.54 Å². The van der Waals surface area contributed by atoms with Gasteiger partial charge in [0.2, 0.25) is 5.91 Å². The third-order valence-corrected chi connectivity index (χ3v) is 1.86. The van der Waals surface area contributed by atoms with Gasteiger partial charge in [0.1, 0.15) is 6.04 Å². The highest BCUT2D eigenvalue weighted by molar-refractivity contribution is 5.87. The number of β-lactam (4-membered cyclic amide) rings is 1.